The number of carbonyl (C=O) groups is 2. The number of carbonyl (C=O) groups excluding carboxylic acids is 2. The maximum Gasteiger partial charge on any atom is 0.344 e. The molecule has 156 valence electrons. The fraction of sp³-hybridized carbons (Fsp3) is 0.333. The summed E-state index contributed by atoms with van der Waals surface area (Å²) in [4.78, 5) is 32.7. The van der Waals surface area contributed by atoms with Gasteiger partial charge in [-0.3, -0.25) is 9.69 Å². The van der Waals surface area contributed by atoms with E-state index in [-0.39, 0.29) is 17.9 Å². The number of benzene rings is 1. The molecule has 3 heterocycles. The Balaban J connectivity index is 1.42. The number of rotatable bonds is 4. The molecule has 1 aromatic carbocycles. The van der Waals surface area contributed by atoms with E-state index in [0.717, 1.165) is 35.8 Å². The molecule has 1 aliphatic rings. The van der Waals surface area contributed by atoms with Crippen molar-refractivity contribution in [1.29, 1.82) is 0 Å². The molecule has 3 aromatic rings. The van der Waals surface area contributed by atoms with Gasteiger partial charge in [0.15, 0.2) is 5.78 Å². The normalized spacial score (nSPS) is 17.3. The van der Waals surface area contributed by atoms with Gasteiger partial charge in [0.1, 0.15) is 10.7 Å². The smallest absolute Gasteiger partial charge is 0.318 e. The molecule has 1 atom stereocenters. The van der Waals surface area contributed by atoms with Crippen LogP contribution in [0.2, 0.25) is 5.02 Å². The van der Waals surface area contributed by atoms with Crippen molar-refractivity contribution in [2.45, 2.75) is 26.4 Å². The van der Waals surface area contributed by atoms with E-state index in [1.165, 1.54) is 11.6 Å². The van der Waals surface area contributed by atoms with Crippen LogP contribution >= 0.6 is 22.9 Å². The number of nitrogens with zero attached hydrogens (tertiary/aromatic N) is 5. The number of ketones is 1. The molecule has 0 unspecified atom stereocenters. The summed E-state index contributed by atoms with van der Waals surface area (Å²) in [7, 11) is 0. The summed E-state index contributed by atoms with van der Waals surface area (Å²) in [5, 5.41) is 7.64. The van der Waals surface area contributed by atoms with Crippen molar-refractivity contribution in [3.05, 3.63) is 58.3 Å². The zero-order valence-electron chi connectivity index (χ0n) is 16.8. The first-order chi connectivity index (χ1) is 14.4. The van der Waals surface area contributed by atoms with Crippen molar-refractivity contribution >= 4 is 34.8 Å². The average Bonchev–Trinajstić information content (AvgIpc) is 3.41. The Hall–Kier alpha value is -2.55. The Kier molecular flexibility index (Phi) is 5.99. The minimum atomic E-state index is -0.202. The number of piperazine rings is 1. The summed E-state index contributed by atoms with van der Waals surface area (Å²) in [6.07, 6.45) is 3.33. The summed E-state index contributed by atoms with van der Waals surface area (Å²) >= 11 is 7.93. The van der Waals surface area contributed by atoms with Gasteiger partial charge in [-0.05, 0) is 30.7 Å². The molecule has 2 aromatic heterocycles. The van der Waals surface area contributed by atoms with E-state index in [1.54, 1.807) is 34.7 Å². The maximum absolute atomic E-state index is 12.8. The van der Waals surface area contributed by atoms with Crippen LogP contribution in [0.1, 0.15) is 29.9 Å². The molecule has 7 nitrogen and oxygen atoms in total. The van der Waals surface area contributed by atoms with Crippen LogP contribution in [0.3, 0.4) is 0 Å². The van der Waals surface area contributed by atoms with Gasteiger partial charge >= 0.3 is 6.03 Å². The molecular weight excluding hydrogens is 422 g/mol. The molecule has 0 radical (unpaired) electrons. The fourth-order valence-corrected chi connectivity index (χ4v) is 4.59. The predicted molar refractivity (Wildman–Crippen MR) is 117 cm³/mol. The molecule has 0 bridgehead atoms. The van der Waals surface area contributed by atoms with Gasteiger partial charge in [-0.1, -0.05) is 17.7 Å². The number of hydrogen-bond acceptors (Lipinski definition) is 6. The lowest BCUT2D eigenvalue weighted by molar-refractivity contribution is 0.0965. The van der Waals surface area contributed by atoms with Crippen LogP contribution in [-0.4, -0.2) is 62.1 Å². The van der Waals surface area contributed by atoms with Gasteiger partial charge in [-0.2, -0.15) is 9.78 Å². The van der Waals surface area contributed by atoms with Crippen molar-refractivity contribution in [2.75, 3.05) is 19.6 Å². The van der Waals surface area contributed by atoms with Crippen LogP contribution < -0.4 is 0 Å². The van der Waals surface area contributed by atoms with Gasteiger partial charge in [0.2, 0.25) is 0 Å². The first-order valence-corrected chi connectivity index (χ1v) is 11.0. The number of halogens is 1. The van der Waals surface area contributed by atoms with Crippen LogP contribution in [0.5, 0.6) is 0 Å². The second-order valence-corrected chi connectivity index (χ2v) is 8.72. The third-order valence-corrected chi connectivity index (χ3v) is 6.34. The zero-order chi connectivity index (χ0) is 21.3. The molecule has 0 aliphatic carbocycles. The maximum atomic E-state index is 12.8. The minimum absolute atomic E-state index is 0.0296. The van der Waals surface area contributed by atoms with Crippen LogP contribution in [0.25, 0.3) is 10.6 Å². The summed E-state index contributed by atoms with van der Waals surface area (Å²) in [6, 6.07) is 7.45. The molecule has 1 saturated heterocycles. The van der Waals surface area contributed by atoms with Gasteiger partial charge in [0.05, 0.1) is 5.02 Å². The van der Waals surface area contributed by atoms with E-state index in [4.69, 9.17) is 11.6 Å². The van der Waals surface area contributed by atoms with Gasteiger partial charge in [0, 0.05) is 62.5 Å². The lowest BCUT2D eigenvalue weighted by atomic mass is 10.1. The average molecular weight is 444 g/mol. The molecule has 9 heteroatoms. The molecule has 1 aliphatic heterocycles. The largest absolute Gasteiger partial charge is 0.344 e. The van der Waals surface area contributed by atoms with Gasteiger partial charge in [-0.25, -0.2) is 9.78 Å². The SMILES string of the molecule is CC(=O)c1ccn(C(=O)N2CCN(Cc3ccc(Cl)c(-c4nccs4)c3)C[C@H]2C)n1. The number of hydrogen-bond donors (Lipinski definition) is 0. The molecule has 1 amide bonds. The topological polar surface area (TPSA) is 71.3 Å². The molecule has 0 spiro atoms. The summed E-state index contributed by atoms with van der Waals surface area (Å²) in [6.45, 7) is 6.35. The standard InChI is InChI=1S/C21H22ClN5O2S/c1-14-12-25(8-9-26(14)21(29)27-7-5-19(24-27)15(2)28)13-16-3-4-18(22)17(11-16)20-23-6-10-30-20/h3-7,10-11,14H,8-9,12-13H2,1-2H3/t14-/m1/s1. The third kappa shape index (κ3) is 4.30. The number of amides is 1. The highest BCUT2D eigenvalue weighted by Crippen LogP contribution is 2.30. The quantitative estimate of drug-likeness (QED) is 0.569. The monoisotopic (exact) mass is 443 g/mol. The Morgan fingerprint density at radius 1 is 1.27 bits per heavy atom. The Morgan fingerprint density at radius 2 is 2.10 bits per heavy atom. The molecule has 30 heavy (non-hydrogen) atoms. The second-order valence-electron chi connectivity index (χ2n) is 7.41. The Bertz CT molecular complexity index is 1070. The Labute approximate surface area is 183 Å². The van der Waals surface area contributed by atoms with Crippen LogP contribution in [0.4, 0.5) is 4.79 Å². The summed E-state index contributed by atoms with van der Waals surface area (Å²) < 4.78 is 1.25. The molecule has 0 N–H and O–H groups in total. The number of aromatic nitrogens is 3. The van der Waals surface area contributed by atoms with Crippen LogP contribution in [-0.2, 0) is 6.54 Å². The van der Waals surface area contributed by atoms with Crippen molar-refractivity contribution in [3.8, 4) is 10.6 Å². The van der Waals surface area contributed by atoms with E-state index in [2.05, 4.69) is 21.0 Å². The Morgan fingerprint density at radius 3 is 2.77 bits per heavy atom. The number of thiazole rings is 1. The van der Waals surface area contributed by atoms with Crippen molar-refractivity contribution < 1.29 is 9.59 Å². The molecule has 4 rings (SSSR count). The lowest BCUT2D eigenvalue weighted by Crippen LogP contribution is -2.54. The minimum Gasteiger partial charge on any atom is -0.318 e. The first-order valence-electron chi connectivity index (χ1n) is 9.70. The highest BCUT2D eigenvalue weighted by Gasteiger charge is 2.29. The lowest BCUT2D eigenvalue weighted by Gasteiger charge is -2.39. The highest BCUT2D eigenvalue weighted by molar-refractivity contribution is 7.13. The van der Waals surface area contributed by atoms with E-state index < -0.39 is 0 Å². The predicted octanol–water partition coefficient (Wildman–Crippen LogP) is 4.04. The van der Waals surface area contributed by atoms with Crippen molar-refractivity contribution in [3.63, 3.8) is 0 Å². The number of Topliss-reactive ketones (excluding diaryl/α,β-unsaturated/α-hetero) is 1. The van der Waals surface area contributed by atoms with Gasteiger partial charge in [-0.15, -0.1) is 11.3 Å². The fourth-order valence-electron chi connectivity index (χ4n) is 3.66. The third-order valence-electron chi connectivity index (χ3n) is 5.20. The highest BCUT2D eigenvalue weighted by atomic mass is 35.5. The van der Waals surface area contributed by atoms with Crippen LogP contribution in [0.15, 0.2) is 42.0 Å². The first kappa shape index (κ1) is 20.7. The van der Waals surface area contributed by atoms with Crippen LogP contribution in [0, 0.1) is 0 Å². The van der Waals surface area contributed by atoms with E-state index in [1.807, 2.05) is 24.4 Å². The summed E-state index contributed by atoms with van der Waals surface area (Å²) in [5.74, 6) is -0.153. The van der Waals surface area contributed by atoms with Gasteiger partial charge in [0.25, 0.3) is 0 Å². The summed E-state index contributed by atoms with van der Waals surface area (Å²) in [5.41, 5.74) is 2.41. The second kappa shape index (κ2) is 8.67. The molecule has 0 saturated carbocycles. The van der Waals surface area contributed by atoms with E-state index >= 15 is 0 Å². The van der Waals surface area contributed by atoms with Crippen molar-refractivity contribution in [1.82, 2.24) is 24.6 Å². The van der Waals surface area contributed by atoms with Gasteiger partial charge < -0.3 is 4.90 Å². The molecular formula is C21H22ClN5O2S. The van der Waals surface area contributed by atoms with E-state index in [0.29, 0.717) is 17.3 Å². The molecule has 1 fully saturated rings. The zero-order valence-corrected chi connectivity index (χ0v) is 18.4. The van der Waals surface area contributed by atoms with Crippen molar-refractivity contribution in [2.24, 2.45) is 0 Å². The van der Waals surface area contributed by atoms with E-state index in [9.17, 15) is 9.59 Å².